The summed E-state index contributed by atoms with van der Waals surface area (Å²) in [7, 11) is 0. The number of hydrogen-bond acceptors (Lipinski definition) is 1. The maximum atomic E-state index is 4.64. The summed E-state index contributed by atoms with van der Waals surface area (Å²) in [5.74, 6) is 0. The molecule has 2 aromatic rings. The molecular weight excluding hydrogens is 182 g/mol. The predicted molar refractivity (Wildman–Crippen MR) is 65.2 cm³/mol. The molecule has 0 N–H and O–H groups in total. The maximum Gasteiger partial charge on any atom is 0.0705 e. The van der Waals surface area contributed by atoms with E-state index in [0.717, 1.165) is 11.9 Å². The number of nitrogens with zero attached hydrogens (tertiary/aromatic N) is 1. The Balaban J connectivity index is 2.61. The molecule has 0 aliphatic rings. The molecule has 15 heavy (non-hydrogen) atoms. The van der Waals surface area contributed by atoms with Gasteiger partial charge in [0, 0.05) is 11.1 Å². The highest BCUT2D eigenvalue weighted by Gasteiger charge is 2.02. The van der Waals surface area contributed by atoms with Gasteiger partial charge in [-0.3, -0.25) is 4.98 Å². The number of pyridine rings is 1. The summed E-state index contributed by atoms with van der Waals surface area (Å²) in [6, 6.07) is 8.72. The first-order valence-electron chi connectivity index (χ1n) is 5.57. The van der Waals surface area contributed by atoms with Crippen LogP contribution in [0.4, 0.5) is 0 Å². The molecule has 78 valence electrons. The second-order valence-electron chi connectivity index (χ2n) is 4.18. The van der Waals surface area contributed by atoms with E-state index >= 15 is 0 Å². The molecule has 1 aromatic carbocycles. The average molecular weight is 199 g/mol. The lowest BCUT2D eigenvalue weighted by Gasteiger charge is -2.06. The predicted octanol–water partition coefficient (Wildman–Crippen LogP) is 3.80. The Kier molecular flexibility index (Phi) is 2.72. The summed E-state index contributed by atoms with van der Waals surface area (Å²) in [6.07, 6.45) is 2.31. The van der Waals surface area contributed by atoms with Gasteiger partial charge in [0.05, 0.1) is 5.52 Å². The van der Waals surface area contributed by atoms with Gasteiger partial charge in [0.2, 0.25) is 0 Å². The molecule has 0 saturated carbocycles. The number of aryl methyl sites for hydroxylation is 3. The Bertz CT molecular complexity index is 486. The monoisotopic (exact) mass is 199 g/mol. The Morgan fingerprint density at radius 3 is 2.67 bits per heavy atom. The van der Waals surface area contributed by atoms with Crippen molar-refractivity contribution in [1.82, 2.24) is 4.98 Å². The quantitative estimate of drug-likeness (QED) is 0.716. The molecule has 0 atom stereocenters. The van der Waals surface area contributed by atoms with E-state index in [9.17, 15) is 0 Å². The van der Waals surface area contributed by atoms with E-state index < -0.39 is 0 Å². The fourth-order valence-electron chi connectivity index (χ4n) is 1.96. The van der Waals surface area contributed by atoms with Crippen LogP contribution in [0.15, 0.2) is 24.3 Å². The molecule has 0 aliphatic heterocycles. The van der Waals surface area contributed by atoms with Crippen LogP contribution in [-0.4, -0.2) is 4.98 Å². The third-order valence-electron chi connectivity index (χ3n) is 2.78. The number of hydrogen-bond donors (Lipinski definition) is 0. The van der Waals surface area contributed by atoms with Crippen LogP contribution in [0.2, 0.25) is 0 Å². The van der Waals surface area contributed by atoms with Gasteiger partial charge in [0.15, 0.2) is 0 Å². The van der Waals surface area contributed by atoms with Gasteiger partial charge in [-0.15, -0.1) is 0 Å². The van der Waals surface area contributed by atoms with Crippen molar-refractivity contribution in [1.29, 1.82) is 0 Å². The van der Waals surface area contributed by atoms with E-state index in [2.05, 4.69) is 50.0 Å². The van der Waals surface area contributed by atoms with Crippen molar-refractivity contribution >= 4 is 10.9 Å². The van der Waals surface area contributed by atoms with Crippen LogP contribution in [0.3, 0.4) is 0 Å². The highest BCUT2D eigenvalue weighted by atomic mass is 14.7. The molecule has 0 radical (unpaired) electrons. The maximum absolute atomic E-state index is 4.64. The SMILES string of the molecule is CCCc1cc2cc(C)ccc2nc1C. The zero-order valence-electron chi connectivity index (χ0n) is 9.67. The summed E-state index contributed by atoms with van der Waals surface area (Å²) in [5, 5.41) is 1.27. The van der Waals surface area contributed by atoms with E-state index in [1.807, 2.05) is 0 Å². The van der Waals surface area contributed by atoms with Gasteiger partial charge in [0.1, 0.15) is 0 Å². The average Bonchev–Trinajstić information content (AvgIpc) is 2.20. The first-order valence-corrected chi connectivity index (χ1v) is 5.57. The topological polar surface area (TPSA) is 12.9 Å². The molecule has 1 nitrogen and oxygen atoms in total. The van der Waals surface area contributed by atoms with E-state index in [1.165, 1.54) is 28.6 Å². The Morgan fingerprint density at radius 1 is 1.13 bits per heavy atom. The zero-order chi connectivity index (χ0) is 10.8. The summed E-state index contributed by atoms with van der Waals surface area (Å²) in [4.78, 5) is 4.64. The molecule has 0 aliphatic carbocycles. The largest absolute Gasteiger partial charge is 0.253 e. The molecule has 0 bridgehead atoms. The van der Waals surface area contributed by atoms with Gasteiger partial charge in [-0.2, -0.15) is 0 Å². The summed E-state index contributed by atoms with van der Waals surface area (Å²) < 4.78 is 0. The van der Waals surface area contributed by atoms with Crippen molar-refractivity contribution in [2.45, 2.75) is 33.6 Å². The standard InChI is InChI=1S/C14H17N/c1-4-5-12-9-13-8-10(2)6-7-14(13)15-11(12)3/h6-9H,4-5H2,1-3H3. The Hall–Kier alpha value is -1.37. The van der Waals surface area contributed by atoms with Crippen LogP contribution in [-0.2, 0) is 6.42 Å². The van der Waals surface area contributed by atoms with Gasteiger partial charge in [-0.1, -0.05) is 25.0 Å². The van der Waals surface area contributed by atoms with E-state index in [-0.39, 0.29) is 0 Å². The number of fused-ring (bicyclic) bond motifs is 1. The molecule has 0 saturated heterocycles. The second kappa shape index (κ2) is 4.01. The van der Waals surface area contributed by atoms with Gasteiger partial charge < -0.3 is 0 Å². The molecule has 2 rings (SSSR count). The number of benzene rings is 1. The van der Waals surface area contributed by atoms with Gasteiger partial charge in [-0.05, 0) is 44.0 Å². The van der Waals surface area contributed by atoms with Crippen molar-refractivity contribution < 1.29 is 0 Å². The van der Waals surface area contributed by atoms with Crippen molar-refractivity contribution in [3.8, 4) is 0 Å². The van der Waals surface area contributed by atoms with Crippen LogP contribution in [0.1, 0.15) is 30.2 Å². The van der Waals surface area contributed by atoms with E-state index in [1.54, 1.807) is 0 Å². The molecular formula is C14H17N. The molecule has 0 spiro atoms. The lowest BCUT2D eigenvalue weighted by atomic mass is 10.0. The third-order valence-corrected chi connectivity index (χ3v) is 2.78. The van der Waals surface area contributed by atoms with Crippen molar-refractivity contribution in [2.24, 2.45) is 0 Å². The van der Waals surface area contributed by atoms with Gasteiger partial charge >= 0.3 is 0 Å². The first-order chi connectivity index (χ1) is 7.20. The second-order valence-corrected chi connectivity index (χ2v) is 4.18. The van der Waals surface area contributed by atoms with Crippen LogP contribution in [0.5, 0.6) is 0 Å². The molecule has 1 heteroatoms. The lowest BCUT2D eigenvalue weighted by Crippen LogP contribution is -1.93. The molecule has 0 unspecified atom stereocenters. The summed E-state index contributed by atoms with van der Waals surface area (Å²) >= 11 is 0. The normalized spacial score (nSPS) is 10.9. The molecule has 0 amide bonds. The zero-order valence-corrected chi connectivity index (χ0v) is 9.67. The third kappa shape index (κ3) is 2.01. The minimum Gasteiger partial charge on any atom is -0.253 e. The van der Waals surface area contributed by atoms with Crippen molar-refractivity contribution in [3.05, 3.63) is 41.1 Å². The number of aromatic nitrogens is 1. The highest BCUT2D eigenvalue weighted by molar-refractivity contribution is 5.80. The fourth-order valence-corrected chi connectivity index (χ4v) is 1.96. The fraction of sp³-hybridized carbons (Fsp3) is 0.357. The van der Waals surface area contributed by atoms with E-state index in [4.69, 9.17) is 0 Å². The molecule has 1 heterocycles. The molecule has 0 fully saturated rings. The van der Waals surface area contributed by atoms with Crippen LogP contribution < -0.4 is 0 Å². The summed E-state index contributed by atoms with van der Waals surface area (Å²) in [5.41, 5.74) is 4.97. The smallest absolute Gasteiger partial charge is 0.0705 e. The Labute approximate surface area is 91.2 Å². The van der Waals surface area contributed by atoms with E-state index in [0.29, 0.717) is 0 Å². The van der Waals surface area contributed by atoms with Crippen LogP contribution in [0.25, 0.3) is 10.9 Å². The van der Waals surface area contributed by atoms with Crippen molar-refractivity contribution in [2.75, 3.05) is 0 Å². The molecule has 1 aromatic heterocycles. The minimum atomic E-state index is 1.11. The highest BCUT2D eigenvalue weighted by Crippen LogP contribution is 2.18. The Morgan fingerprint density at radius 2 is 1.93 bits per heavy atom. The minimum absolute atomic E-state index is 1.11. The van der Waals surface area contributed by atoms with Gasteiger partial charge in [0.25, 0.3) is 0 Å². The van der Waals surface area contributed by atoms with Gasteiger partial charge in [-0.25, -0.2) is 0 Å². The number of rotatable bonds is 2. The van der Waals surface area contributed by atoms with Crippen LogP contribution in [0, 0.1) is 13.8 Å². The van der Waals surface area contributed by atoms with Crippen LogP contribution >= 0.6 is 0 Å². The summed E-state index contributed by atoms with van der Waals surface area (Å²) in [6.45, 7) is 6.43. The lowest BCUT2D eigenvalue weighted by molar-refractivity contribution is 0.904. The van der Waals surface area contributed by atoms with Crippen molar-refractivity contribution in [3.63, 3.8) is 0 Å². The first kappa shape index (κ1) is 10.2.